The van der Waals surface area contributed by atoms with Gasteiger partial charge in [0.1, 0.15) is 0 Å². The van der Waals surface area contributed by atoms with E-state index in [0.717, 1.165) is 55.9 Å². The Labute approximate surface area is 136 Å². The fourth-order valence-corrected chi connectivity index (χ4v) is 2.83. The molecule has 6 heteroatoms. The molecule has 1 aromatic rings. The molecule has 1 heterocycles. The van der Waals surface area contributed by atoms with Crippen LogP contribution in [0.2, 0.25) is 4.34 Å². The lowest BCUT2D eigenvalue weighted by atomic mass is 10.3. The molecule has 0 unspecified atom stereocenters. The maximum Gasteiger partial charge on any atom is 0.190 e. The highest BCUT2D eigenvalue weighted by Gasteiger charge is 2.00. The predicted molar refractivity (Wildman–Crippen MR) is 92.7 cm³/mol. The second-order valence-electron chi connectivity index (χ2n) is 4.70. The second kappa shape index (κ2) is 11.8. The van der Waals surface area contributed by atoms with Crippen molar-refractivity contribution in [3.05, 3.63) is 21.3 Å². The van der Waals surface area contributed by atoms with Crippen LogP contribution in [-0.2, 0) is 11.2 Å². The highest BCUT2D eigenvalue weighted by atomic mass is 35.5. The second-order valence-corrected chi connectivity index (χ2v) is 6.50. The number of nitrogens with zero attached hydrogens (tertiary/aromatic N) is 1. The van der Waals surface area contributed by atoms with E-state index in [1.54, 1.807) is 18.4 Å². The third-order valence-electron chi connectivity index (χ3n) is 2.92. The Hall–Kier alpha value is -0.780. The first-order chi connectivity index (χ1) is 10.3. The van der Waals surface area contributed by atoms with Crippen LogP contribution in [-0.4, -0.2) is 39.3 Å². The molecule has 0 atom stereocenters. The summed E-state index contributed by atoms with van der Waals surface area (Å²) in [6.07, 6.45) is 4.27. The summed E-state index contributed by atoms with van der Waals surface area (Å²) in [7, 11) is 1.79. The minimum atomic E-state index is 0.803. The minimum Gasteiger partial charge on any atom is -0.381 e. The van der Waals surface area contributed by atoms with Gasteiger partial charge in [0, 0.05) is 38.2 Å². The van der Waals surface area contributed by atoms with Gasteiger partial charge in [-0.1, -0.05) is 24.9 Å². The standard InChI is InChI=1S/C15H26ClN3OS/c1-3-4-11-20-12-5-9-18-15(17-2)19-10-8-13-6-7-14(16)21-13/h6-7H,3-5,8-12H2,1-2H3,(H2,17,18,19). The fourth-order valence-electron chi connectivity index (χ4n) is 1.74. The van der Waals surface area contributed by atoms with Gasteiger partial charge < -0.3 is 15.4 Å². The van der Waals surface area contributed by atoms with Crippen LogP contribution >= 0.6 is 22.9 Å². The fraction of sp³-hybridized carbons (Fsp3) is 0.667. The van der Waals surface area contributed by atoms with E-state index in [-0.39, 0.29) is 0 Å². The van der Waals surface area contributed by atoms with Crippen molar-refractivity contribution in [3.8, 4) is 0 Å². The van der Waals surface area contributed by atoms with Crippen molar-refractivity contribution in [2.75, 3.05) is 33.4 Å². The first-order valence-electron chi connectivity index (χ1n) is 7.52. The molecule has 120 valence electrons. The first-order valence-corrected chi connectivity index (χ1v) is 8.72. The normalized spacial score (nSPS) is 11.7. The zero-order chi connectivity index (χ0) is 15.3. The van der Waals surface area contributed by atoms with E-state index >= 15 is 0 Å². The van der Waals surface area contributed by atoms with Gasteiger partial charge in [0.05, 0.1) is 4.34 Å². The number of rotatable bonds is 10. The molecule has 0 fully saturated rings. The minimum absolute atomic E-state index is 0.803. The van der Waals surface area contributed by atoms with Crippen LogP contribution in [0.1, 0.15) is 31.1 Å². The Balaban J connectivity index is 2.04. The van der Waals surface area contributed by atoms with Crippen LogP contribution < -0.4 is 10.6 Å². The summed E-state index contributed by atoms with van der Waals surface area (Å²) in [5.41, 5.74) is 0. The predicted octanol–water partition coefficient (Wildman–Crippen LogP) is 3.32. The van der Waals surface area contributed by atoms with Crippen molar-refractivity contribution in [1.29, 1.82) is 0 Å². The van der Waals surface area contributed by atoms with Crippen molar-refractivity contribution in [1.82, 2.24) is 10.6 Å². The van der Waals surface area contributed by atoms with Gasteiger partial charge in [-0.25, -0.2) is 0 Å². The number of hydrogen-bond donors (Lipinski definition) is 2. The SMILES string of the molecule is CCCCOCCCNC(=NC)NCCc1ccc(Cl)s1. The molecule has 4 nitrogen and oxygen atoms in total. The van der Waals surface area contributed by atoms with Crippen molar-refractivity contribution in [2.24, 2.45) is 4.99 Å². The van der Waals surface area contributed by atoms with Gasteiger partial charge in [-0.3, -0.25) is 4.99 Å². The van der Waals surface area contributed by atoms with E-state index < -0.39 is 0 Å². The summed E-state index contributed by atoms with van der Waals surface area (Å²) in [4.78, 5) is 5.49. The van der Waals surface area contributed by atoms with E-state index in [1.807, 2.05) is 6.07 Å². The summed E-state index contributed by atoms with van der Waals surface area (Å²) in [6, 6.07) is 4.01. The number of ether oxygens (including phenoxy) is 1. The summed E-state index contributed by atoms with van der Waals surface area (Å²) < 4.78 is 6.36. The van der Waals surface area contributed by atoms with Crippen LogP contribution in [0.5, 0.6) is 0 Å². The summed E-state index contributed by atoms with van der Waals surface area (Å²) >= 11 is 7.54. The van der Waals surface area contributed by atoms with Gasteiger partial charge in [-0.2, -0.15) is 0 Å². The smallest absolute Gasteiger partial charge is 0.190 e. The number of nitrogens with one attached hydrogen (secondary N) is 2. The van der Waals surface area contributed by atoms with E-state index in [0.29, 0.717) is 0 Å². The molecule has 21 heavy (non-hydrogen) atoms. The van der Waals surface area contributed by atoms with E-state index in [2.05, 4.69) is 28.6 Å². The van der Waals surface area contributed by atoms with Crippen molar-refractivity contribution >= 4 is 28.9 Å². The van der Waals surface area contributed by atoms with E-state index in [1.165, 1.54) is 11.3 Å². The average Bonchev–Trinajstić information content (AvgIpc) is 2.90. The lowest BCUT2D eigenvalue weighted by molar-refractivity contribution is 0.129. The molecule has 1 rings (SSSR count). The maximum atomic E-state index is 5.91. The molecule has 0 radical (unpaired) electrons. The van der Waals surface area contributed by atoms with Crippen LogP contribution in [0.4, 0.5) is 0 Å². The third kappa shape index (κ3) is 8.96. The largest absolute Gasteiger partial charge is 0.381 e. The molecule has 0 aromatic carbocycles. The molecule has 0 saturated heterocycles. The lowest BCUT2D eigenvalue weighted by Crippen LogP contribution is -2.38. The number of hydrogen-bond acceptors (Lipinski definition) is 3. The molecule has 0 bridgehead atoms. The quantitative estimate of drug-likeness (QED) is 0.393. The number of thiophene rings is 1. The Morgan fingerprint density at radius 2 is 2.00 bits per heavy atom. The molecule has 2 N–H and O–H groups in total. The van der Waals surface area contributed by atoms with Gasteiger partial charge in [0.15, 0.2) is 5.96 Å². The number of halogens is 1. The Morgan fingerprint density at radius 3 is 2.67 bits per heavy atom. The molecular formula is C15H26ClN3OS. The van der Waals surface area contributed by atoms with Crippen molar-refractivity contribution in [2.45, 2.75) is 32.6 Å². The molecule has 1 aromatic heterocycles. The molecular weight excluding hydrogens is 306 g/mol. The maximum absolute atomic E-state index is 5.91. The zero-order valence-corrected chi connectivity index (χ0v) is 14.5. The molecule has 0 amide bonds. The number of aliphatic imine (C=N–C) groups is 1. The van der Waals surface area contributed by atoms with E-state index in [4.69, 9.17) is 16.3 Å². The van der Waals surface area contributed by atoms with Crippen molar-refractivity contribution < 1.29 is 4.74 Å². The molecule has 0 spiro atoms. The van der Waals surface area contributed by atoms with Gasteiger partial charge in [0.25, 0.3) is 0 Å². The summed E-state index contributed by atoms with van der Waals surface area (Å²) in [5, 5.41) is 6.59. The Kier molecular flexibility index (Phi) is 10.3. The monoisotopic (exact) mass is 331 g/mol. The topological polar surface area (TPSA) is 45.6 Å². The van der Waals surface area contributed by atoms with Crippen LogP contribution in [0.3, 0.4) is 0 Å². The molecule has 0 saturated carbocycles. The average molecular weight is 332 g/mol. The van der Waals surface area contributed by atoms with Crippen LogP contribution in [0, 0.1) is 0 Å². The Bertz CT molecular complexity index is 409. The first kappa shape index (κ1) is 18.3. The van der Waals surface area contributed by atoms with Gasteiger partial charge in [-0.15, -0.1) is 11.3 Å². The number of guanidine groups is 1. The third-order valence-corrected chi connectivity index (χ3v) is 4.21. The molecule has 0 aliphatic heterocycles. The van der Waals surface area contributed by atoms with Crippen LogP contribution in [0.25, 0.3) is 0 Å². The van der Waals surface area contributed by atoms with Gasteiger partial charge in [-0.05, 0) is 31.4 Å². The Morgan fingerprint density at radius 1 is 1.24 bits per heavy atom. The molecule has 0 aliphatic rings. The lowest BCUT2D eigenvalue weighted by Gasteiger charge is -2.11. The van der Waals surface area contributed by atoms with Gasteiger partial charge in [0.2, 0.25) is 0 Å². The highest BCUT2D eigenvalue weighted by Crippen LogP contribution is 2.21. The van der Waals surface area contributed by atoms with Crippen molar-refractivity contribution in [3.63, 3.8) is 0 Å². The highest BCUT2D eigenvalue weighted by molar-refractivity contribution is 7.16. The van der Waals surface area contributed by atoms with Crippen LogP contribution in [0.15, 0.2) is 17.1 Å². The summed E-state index contributed by atoms with van der Waals surface area (Å²) in [6.45, 7) is 5.56. The number of unbranched alkanes of at least 4 members (excludes halogenated alkanes) is 1. The van der Waals surface area contributed by atoms with Gasteiger partial charge >= 0.3 is 0 Å². The summed E-state index contributed by atoms with van der Waals surface area (Å²) in [5.74, 6) is 0.839. The van der Waals surface area contributed by atoms with E-state index in [9.17, 15) is 0 Å². The molecule has 0 aliphatic carbocycles. The zero-order valence-electron chi connectivity index (χ0n) is 13.0.